The quantitative estimate of drug-likeness (QED) is 0.685. The first-order chi connectivity index (χ1) is 14.8. The number of alkyl halides is 3. The molecule has 9 heteroatoms. The monoisotopic (exact) mass is 440 g/mol. The third-order valence-electron chi connectivity index (χ3n) is 6.02. The highest BCUT2D eigenvalue weighted by Gasteiger charge is 2.45. The summed E-state index contributed by atoms with van der Waals surface area (Å²) in [6.07, 6.45) is -2.27. The fourth-order valence-corrected chi connectivity index (χ4v) is 4.30. The number of rotatable bonds is 7. The summed E-state index contributed by atoms with van der Waals surface area (Å²) < 4.78 is 39.0. The highest BCUT2D eigenvalue weighted by atomic mass is 19.4. The molecule has 2 amide bonds. The Hall–Kier alpha value is -2.29. The molecule has 1 unspecified atom stereocenters. The summed E-state index contributed by atoms with van der Waals surface area (Å²) in [5.74, 6) is -0.0471. The Kier molecular flexibility index (Phi) is 7.80. The zero-order valence-corrected chi connectivity index (χ0v) is 17.9. The predicted molar refractivity (Wildman–Crippen MR) is 113 cm³/mol. The first-order valence-electron chi connectivity index (χ1n) is 11.0. The van der Waals surface area contributed by atoms with Gasteiger partial charge in [0.25, 0.3) is 0 Å². The van der Waals surface area contributed by atoms with Gasteiger partial charge in [-0.05, 0) is 49.9 Å². The average molecular weight is 441 g/mol. The Labute approximate surface area is 181 Å². The number of halogens is 3. The van der Waals surface area contributed by atoms with Gasteiger partial charge in [0.05, 0.1) is 0 Å². The lowest BCUT2D eigenvalue weighted by Crippen LogP contribution is -2.44. The molecule has 2 aliphatic heterocycles. The molecule has 1 fully saturated rings. The van der Waals surface area contributed by atoms with Gasteiger partial charge in [0, 0.05) is 51.3 Å². The van der Waals surface area contributed by atoms with E-state index >= 15 is 0 Å². The van der Waals surface area contributed by atoms with Gasteiger partial charge in [-0.3, -0.25) is 14.5 Å². The molecule has 1 aromatic rings. The summed E-state index contributed by atoms with van der Waals surface area (Å²) in [7, 11) is 0. The maximum atomic E-state index is 13.0. The summed E-state index contributed by atoms with van der Waals surface area (Å²) in [5.41, 5.74) is 3.03. The predicted octanol–water partition coefficient (Wildman–Crippen LogP) is 2.93. The molecule has 0 aromatic heterocycles. The molecular formula is C22H31F3N4O2. The minimum absolute atomic E-state index is 0.121. The van der Waals surface area contributed by atoms with E-state index in [-0.39, 0.29) is 37.7 Å². The molecule has 1 aromatic carbocycles. The molecule has 2 heterocycles. The second-order valence-electron chi connectivity index (χ2n) is 8.16. The summed E-state index contributed by atoms with van der Waals surface area (Å²) in [6, 6.07) is 4.58. The van der Waals surface area contributed by atoms with Gasteiger partial charge < -0.3 is 15.5 Å². The number of nitrogens with one attached hydrogen (secondary N) is 2. The van der Waals surface area contributed by atoms with Crippen LogP contribution in [-0.2, 0) is 22.6 Å². The Balaban J connectivity index is 1.48. The number of benzene rings is 1. The van der Waals surface area contributed by atoms with Gasteiger partial charge in [-0.1, -0.05) is 12.1 Å². The van der Waals surface area contributed by atoms with Crippen molar-refractivity contribution >= 4 is 17.5 Å². The lowest BCUT2D eigenvalue weighted by atomic mass is 10.0. The van der Waals surface area contributed by atoms with E-state index in [0.29, 0.717) is 45.4 Å². The molecule has 0 spiro atoms. The number of carbonyl (C=O) groups is 2. The van der Waals surface area contributed by atoms with Crippen LogP contribution in [0.5, 0.6) is 0 Å². The van der Waals surface area contributed by atoms with E-state index < -0.39 is 12.2 Å². The van der Waals surface area contributed by atoms with Crippen LogP contribution in [-0.4, -0.2) is 66.6 Å². The lowest BCUT2D eigenvalue weighted by molar-refractivity contribution is -0.175. The number of anilines is 1. The molecule has 2 aliphatic rings. The summed E-state index contributed by atoms with van der Waals surface area (Å²) in [6.45, 7) is 4.58. The van der Waals surface area contributed by atoms with Crippen LogP contribution in [0.2, 0.25) is 0 Å². The Bertz CT molecular complexity index is 785. The molecule has 1 saturated heterocycles. The van der Waals surface area contributed by atoms with Crippen molar-refractivity contribution in [3.63, 3.8) is 0 Å². The Morgan fingerprint density at radius 2 is 2.13 bits per heavy atom. The zero-order chi connectivity index (χ0) is 22.4. The van der Waals surface area contributed by atoms with Gasteiger partial charge in [-0.25, -0.2) is 0 Å². The van der Waals surface area contributed by atoms with E-state index in [9.17, 15) is 22.8 Å². The molecule has 0 bridgehead atoms. The SMILES string of the molecule is CCN1Cc2cc(CCC(=O)NCCN3CCCC3C(F)(F)F)ccc2NCCC1=O. The number of hydrogen-bond donors (Lipinski definition) is 2. The third-order valence-corrected chi connectivity index (χ3v) is 6.02. The molecule has 6 nitrogen and oxygen atoms in total. The minimum Gasteiger partial charge on any atom is -0.384 e. The number of carbonyl (C=O) groups excluding carboxylic acids is 2. The maximum absolute atomic E-state index is 13.0. The van der Waals surface area contributed by atoms with Gasteiger partial charge >= 0.3 is 6.18 Å². The molecule has 1 atom stereocenters. The van der Waals surface area contributed by atoms with Gasteiger partial charge in [0.2, 0.25) is 11.8 Å². The van der Waals surface area contributed by atoms with Crippen LogP contribution in [0.25, 0.3) is 0 Å². The molecule has 3 rings (SSSR count). The number of hydrogen-bond acceptors (Lipinski definition) is 4. The second-order valence-corrected chi connectivity index (χ2v) is 8.16. The van der Waals surface area contributed by atoms with E-state index in [4.69, 9.17) is 0 Å². The molecular weight excluding hydrogens is 409 g/mol. The van der Waals surface area contributed by atoms with Crippen molar-refractivity contribution in [1.82, 2.24) is 15.1 Å². The molecule has 0 saturated carbocycles. The van der Waals surface area contributed by atoms with Crippen LogP contribution >= 0.6 is 0 Å². The Morgan fingerprint density at radius 3 is 2.87 bits per heavy atom. The fourth-order valence-electron chi connectivity index (χ4n) is 4.30. The number of likely N-dealkylation sites (tertiary alicyclic amines) is 1. The normalized spacial score (nSPS) is 20.1. The van der Waals surface area contributed by atoms with E-state index in [0.717, 1.165) is 16.8 Å². The van der Waals surface area contributed by atoms with Crippen LogP contribution in [0, 0.1) is 0 Å². The van der Waals surface area contributed by atoms with Crippen molar-refractivity contribution in [2.24, 2.45) is 0 Å². The van der Waals surface area contributed by atoms with Crippen molar-refractivity contribution in [1.29, 1.82) is 0 Å². The van der Waals surface area contributed by atoms with Crippen LogP contribution in [0.3, 0.4) is 0 Å². The van der Waals surface area contributed by atoms with Gasteiger partial charge in [0.1, 0.15) is 6.04 Å². The topological polar surface area (TPSA) is 64.7 Å². The average Bonchev–Trinajstić information content (AvgIpc) is 3.19. The van der Waals surface area contributed by atoms with Crippen molar-refractivity contribution in [3.8, 4) is 0 Å². The van der Waals surface area contributed by atoms with Gasteiger partial charge in [-0.15, -0.1) is 0 Å². The number of nitrogens with zero attached hydrogens (tertiary/aromatic N) is 2. The Morgan fingerprint density at radius 1 is 1.32 bits per heavy atom. The highest BCUT2D eigenvalue weighted by Crippen LogP contribution is 2.32. The number of fused-ring (bicyclic) bond motifs is 1. The largest absolute Gasteiger partial charge is 0.404 e. The maximum Gasteiger partial charge on any atom is 0.404 e. The smallest absolute Gasteiger partial charge is 0.384 e. The van der Waals surface area contributed by atoms with Crippen LogP contribution in [0.4, 0.5) is 18.9 Å². The van der Waals surface area contributed by atoms with Crippen LogP contribution < -0.4 is 10.6 Å². The minimum atomic E-state index is -4.21. The number of amides is 2. The first-order valence-corrected chi connectivity index (χ1v) is 11.0. The third kappa shape index (κ3) is 6.35. The van der Waals surface area contributed by atoms with E-state index in [1.165, 1.54) is 4.90 Å². The lowest BCUT2D eigenvalue weighted by Gasteiger charge is -2.26. The molecule has 2 N–H and O–H groups in total. The zero-order valence-electron chi connectivity index (χ0n) is 17.9. The second kappa shape index (κ2) is 10.3. The van der Waals surface area contributed by atoms with Gasteiger partial charge in [0.15, 0.2) is 0 Å². The molecule has 0 aliphatic carbocycles. The summed E-state index contributed by atoms with van der Waals surface area (Å²) in [5, 5.41) is 6.03. The van der Waals surface area contributed by atoms with E-state index in [2.05, 4.69) is 10.6 Å². The first kappa shape index (κ1) is 23.4. The van der Waals surface area contributed by atoms with Crippen molar-refractivity contribution in [3.05, 3.63) is 29.3 Å². The van der Waals surface area contributed by atoms with Crippen LogP contribution in [0.1, 0.15) is 43.7 Å². The van der Waals surface area contributed by atoms with E-state index in [1.807, 2.05) is 30.0 Å². The van der Waals surface area contributed by atoms with Crippen molar-refractivity contribution in [2.45, 2.75) is 57.8 Å². The molecule has 31 heavy (non-hydrogen) atoms. The fraction of sp³-hybridized carbons (Fsp3) is 0.636. The number of aryl methyl sites for hydroxylation is 1. The standard InChI is InChI=1S/C22H31F3N4O2/c1-2-28-15-17-14-16(5-7-18(17)26-10-9-21(28)31)6-8-20(30)27-11-13-29-12-3-4-19(29)22(23,24)25/h5,7,14,19,26H,2-4,6,8-13,15H2,1H3,(H,27,30). The summed E-state index contributed by atoms with van der Waals surface area (Å²) in [4.78, 5) is 27.6. The highest BCUT2D eigenvalue weighted by molar-refractivity contribution is 5.78. The van der Waals surface area contributed by atoms with Crippen molar-refractivity contribution < 1.29 is 22.8 Å². The van der Waals surface area contributed by atoms with Crippen molar-refractivity contribution in [2.75, 3.05) is 38.0 Å². The molecule has 0 radical (unpaired) electrons. The van der Waals surface area contributed by atoms with E-state index in [1.54, 1.807) is 0 Å². The molecule has 172 valence electrons. The summed E-state index contributed by atoms with van der Waals surface area (Å²) >= 11 is 0. The van der Waals surface area contributed by atoms with Gasteiger partial charge in [-0.2, -0.15) is 13.2 Å². The van der Waals surface area contributed by atoms with Crippen LogP contribution in [0.15, 0.2) is 18.2 Å².